The molecule has 2 unspecified atom stereocenters. The van der Waals surface area contributed by atoms with Gasteiger partial charge in [-0.2, -0.15) is 8.78 Å². The molecule has 2 nitrogen and oxygen atoms in total. The number of rotatable bonds is 4. The number of nitrogens with zero attached hydrogens (tertiary/aromatic N) is 1. The van der Waals surface area contributed by atoms with Crippen LogP contribution in [0.25, 0.3) is 0 Å². The van der Waals surface area contributed by atoms with Gasteiger partial charge in [-0.05, 0) is 57.0 Å². The van der Waals surface area contributed by atoms with Gasteiger partial charge in [0.1, 0.15) is 5.75 Å². The van der Waals surface area contributed by atoms with Crippen LogP contribution in [0.5, 0.6) is 5.75 Å². The second kappa shape index (κ2) is 6.33. The van der Waals surface area contributed by atoms with Crippen molar-refractivity contribution in [1.82, 2.24) is 4.90 Å². The first-order valence-corrected chi connectivity index (χ1v) is 6.77. The lowest BCUT2D eigenvalue weighted by molar-refractivity contribution is -0.0499. The SMILES string of the molecule is CN(C)C1CCCC(c2cccc(OC(F)F)c2)C1. The molecule has 0 N–H and O–H groups in total. The maximum Gasteiger partial charge on any atom is 0.387 e. The fraction of sp³-hybridized carbons (Fsp3) is 0.600. The Hall–Kier alpha value is -1.16. The van der Waals surface area contributed by atoms with Crippen LogP contribution in [0, 0.1) is 0 Å². The first-order valence-electron chi connectivity index (χ1n) is 6.77. The van der Waals surface area contributed by atoms with Crippen molar-refractivity contribution >= 4 is 0 Å². The molecule has 1 aromatic carbocycles. The third-order valence-electron chi connectivity index (χ3n) is 3.93. The highest BCUT2D eigenvalue weighted by atomic mass is 19.3. The Morgan fingerprint density at radius 1 is 1.26 bits per heavy atom. The van der Waals surface area contributed by atoms with Crippen molar-refractivity contribution in [3.05, 3.63) is 29.8 Å². The van der Waals surface area contributed by atoms with E-state index in [1.54, 1.807) is 18.2 Å². The Kier molecular flexibility index (Phi) is 4.75. The van der Waals surface area contributed by atoms with Gasteiger partial charge in [-0.1, -0.05) is 18.6 Å². The molecule has 0 amide bonds. The molecule has 106 valence electrons. The smallest absolute Gasteiger partial charge is 0.387 e. The fourth-order valence-electron chi connectivity index (χ4n) is 2.88. The highest BCUT2D eigenvalue weighted by Crippen LogP contribution is 2.35. The minimum absolute atomic E-state index is 0.263. The third kappa shape index (κ3) is 3.90. The van der Waals surface area contributed by atoms with Crippen LogP contribution in [-0.2, 0) is 0 Å². The van der Waals surface area contributed by atoms with E-state index in [4.69, 9.17) is 0 Å². The number of ether oxygens (including phenoxy) is 1. The van der Waals surface area contributed by atoms with Crippen LogP contribution in [0.15, 0.2) is 24.3 Å². The standard InChI is InChI=1S/C15H21F2NO/c1-18(2)13-7-3-5-11(9-13)12-6-4-8-14(10-12)19-15(16)17/h4,6,8,10-11,13,15H,3,5,7,9H2,1-2H3. The summed E-state index contributed by atoms with van der Waals surface area (Å²) < 4.78 is 28.9. The molecule has 1 aromatic rings. The zero-order chi connectivity index (χ0) is 13.8. The Balaban J connectivity index is 2.08. The van der Waals surface area contributed by atoms with Crippen molar-refractivity contribution in [3.63, 3.8) is 0 Å². The molecule has 1 aliphatic carbocycles. The molecule has 2 rings (SSSR count). The zero-order valence-electron chi connectivity index (χ0n) is 11.5. The van der Waals surface area contributed by atoms with Crippen molar-refractivity contribution in [3.8, 4) is 5.75 Å². The van der Waals surface area contributed by atoms with E-state index in [2.05, 4.69) is 23.7 Å². The predicted molar refractivity (Wildman–Crippen MR) is 71.8 cm³/mol. The van der Waals surface area contributed by atoms with Crippen LogP contribution in [0.2, 0.25) is 0 Å². The van der Waals surface area contributed by atoms with E-state index in [1.165, 1.54) is 12.8 Å². The second-order valence-corrected chi connectivity index (χ2v) is 5.43. The number of hydrogen-bond donors (Lipinski definition) is 0. The Bertz CT molecular complexity index is 409. The highest BCUT2D eigenvalue weighted by molar-refractivity contribution is 5.31. The fourth-order valence-corrected chi connectivity index (χ4v) is 2.88. The molecule has 0 bridgehead atoms. The Morgan fingerprint density at radius 3 is 2.74 bits per heavy atom. The van der Waals surface area contributed by atoms with Gasteiger partial charge in [0.05, 0.1) is 0 Å². The van der Waals surface area contributed by atoms with E-state index in [1.807, 2.05) is 6.07 Å². The minimum Gasteiger partial charge on any atom is -0.435 e. The topological polar surface area (TPSA) is 12.5 Å². The van der Waals surface area contributed by atoms with Gasteiger partial charge in [0.25, 0.3) is 0 Å². The second-order valence-electron chi connectivity index (χ2n) is 5.43. The van der Waals surface area contributed by atoms with Crippen molar-refractivity contribution in [2.45, 2.75) is 44.3 Å². The van der Waals surface area contributed by atoms with Crippen LogP contribution in [-0.4, -0.2) is 31.6 Å². The van der Waals surface area contributed by atoms with Gasteiger partial charge in [0.2, 0.25) is 0 Å². The Labute approximate surface area is 113 Å². The van der Waals surface area contributed by atoms with Gasteiger partial charge in [-0.15, -0.1) is 0 Å². The molecule has 0 saturated heterocycles. The molecule has 0 aromatic heterocycles. The normalized spacial score (nSPS) is 23.9. The predicted octanol–water partition coefficient (Wildman–Crippen LogP) is 3.88. The lowest BCUT2D eigenvalue weighted by atomic mass is 9.81. The van der Waals surface area contributed by atoms with E-state index in [0.29, 0.717) is 12.0 Å². The van der Waals surface area contributed by atoms with Crippen LogP contribution >= 0.6 is 0 Å². The van der Waals surface area contributed by atoms with Crippen molar-refractivity contribution in [1.29, 1.82) is 0 Å². The van der Waals surface area contributed by atoms with Gasteiger partial charge < -0.3 is 9.64 Å². The molecule has 1 saturated carbocycles. The minimum atomic E-state index is -2.75. The van der Waals surface area contributed by atoms with Gasteiger partial charge in [-0.3, -0.25) is 0 Å². The summed E-state index contributed by atoms with van der Waals surface area (Å²) in [5, 5.41) is 0. The van der Waals surface area contributed by atoms with Gasteiger partial charge in [0, 0.05) is 6.04 Å². The summed E-state index contributed by atoms with van der Waals surface area (Å²) in [5.74, 6) is 0.710. The molecule has 19 heavy (non-hydrogen) atoms. The summed E-state index contributed by atoms with van der Waals surface area (Å²) in [4.78, 5) is 2.26. The number of halogens is 2. The average molecular weight is 269 g/mol. The van der Waals surface area contributed by atoms with Crippen LogP contribution in [0.4, 0.5) is 8.78 Å². The van der Waals surface area contributed by atoms with Crippen molar-refractivity contribution in [2.24, 2.45) is 0 Å². The maximum atomic E-state index is 12.2. The molecule has 2 atom stereocenters. The highest BCUT2D eigenvalue weighted by Gasteiger charge is 2.24. The molecule has 0 heterocycles. The monoisotopic (exact) mass is 269 g/mol. The summed E-state index contributed by atoms with van der Waals surface area (Å²) in [7, 11) is 4.20. The van der Waals surface area contributed by atoms with E-state index in [0.717, 1.165) is 18.4 Å². The van der Waals surface area contributed by atoms with Gasteiger partial charge in [-0.25, -0.2) is 0 Å². The summed E-state index contributed by atoms with van der Waals surface area (Å²) in [5.41, 5.74) is 1.12. The number of alkyl halides is 2. The first kappa shape index (κ1) is 14.3. The zero-order valence-corrected chi connectivity index (χ0v) is 11.5. The summed E-state index contributed by atoms with van der Waals surface area (Å²) >= 11 is 0. The molecule has 0 radical (unpaired) electrons. The van der Waals surface area contributed by atoms with Crippen molar-refractivity contribution < 1.29 is 13.5 Å². The quantitative estimate of drug-likeness (QED) is 0.822. The lowest BCUT2D eigenvalue weighted by Gasteiger charge is -2.33. The summed E-state index contributed by atoms with van der Waals surface area (Å²) in [6.45, 7) is -2.75. The van der Waals surface area contributed by atoms with Crippen LogP contribution in [0.3, 0.4) is 0 Å². The van der Waals surface area contributed by atoms with Crippen molar-refractivity contribution in [2.75, 3.05) is 14.1 Å². The third-order valence-corrected chi connectivity index (χ3v) is 3.93. The molecule has 0 spiro atoms. The molecule has 1 fully saturated rings. The first-order chi connectivity index (χ1) is 9.06. The average Bonchev–Trinajstić information content (AvgIpc) is 2.38. The van der Waals surface area contributed by atoms with E-state index in [9.17, 15) is 8.78 Å². The molecule has 0 aliphatic heterocycles. The van der Waals surface area contributed by atoms with Crippen LogP contribution < -0.4 is 4.74 Å². The molecule has 1 aliphatic rings. The van der Waals surface area contributed by atoms with E-state index in [-0.39, 0.29) is 5.75 Å². The largest absolute Gasteiger partial charge is 0.435 e. The van der Waals surface area contributed by atoms with Gasteiger partial charge in [0.15, 0.2) is 0 Å². The maximum absolute atomic E-state index is 12.2. The number of benzene rings is 1. The van der Waals surface area contributed by atoms with Crippen LogP contribution in [0.1, 0.15) is 37.2 Å². The van der Waals surface area contributed by atoms with E-state index >= 15 is 0 Å². The summed E-state index contributed by atoms with van der Waals surface area (Å²) in [6, 6.07) is 7.74. The summed E-state index contributed by atoms with van der Waals surface area (Å²) in [6.07, 6.45) is 4.62. The Morgan fingerprint density at radius 2 is 2.05 bits per heavy atom. The van der Waals surface area contributed by atoms with Gasteiger partial charge >= 0.3 is 6.61 Å². The number of hydrogen-bond acceptors (Lipinski definition) is 2. The molecular formula is C15H21F2NO. The van der Waals surface area contributed by atoms with E-state index < -0.39 is 6.61 Å². The lowest BCUT2D eigenvalue weighted by Crippen LogP contribution is -2.32. The molecule has 4 heteroatoms. The molecular weight excluding hydrogens is 248 g/mol.